The molecule has 0 fully saturated rings. The number of nitro benzene ring substituents is 1. The monoisotopic (exact) mass is 484 g/mol. The predicted octanol–water partition coefficient (Wildman–Crippen LogP) is 3.02. The molecule has 140 valence electrons. The van der Waals surface area contributed by atoms with Gasteiger partial charge in [0.15, 0.2) is 0 Å². The standard InChI is InChI=1S/C17H13IN2O7/c1-26-16(22)9-5-10(17(23)27-2)7-11(6-9)19-15(21)13-8-12(20(24)25)3-4-14(13)18/h3-8H,1-2H3,(H,19,21). The van der Waals surface area contributed by atoms with Crippen LogP contribution in [0, 0.1) is 13.7 Å². The highest BCUT2D eigenvalue weighted by molar-refractivity contribution is 14.1. The first kappa shape index (κ1) is 20.3. The van der Waals surface area contributed by atoms with Crippen LogP contribution in [0.2, 0.25) is 0 Å². The molecule has 0 aliphatic rings. The first-order valence-electron chi connectivity index (χ1n) is 7.33. The molecule has 0 unspecified atom stereocenters. The van der Waals surface area contributed by atoms with Crippen LogP contribution in [0.4, 0.5) is 11.4 Å². The molecule has 0 radical (unpaired) electrons. The van der Waals surface area contributed by atoms with Crippen LogP contribution in [0.1, 0.15) is 31.1 Å². The molecule has 1 amide bonds. The fraction of sp³-hybridized carbons (Fsp3) is 0.118. The zero-order chi connectivity index (χ0) is 20.1. The molecule has 0 aromatic heterocycles. The number of ether oxygens (including phenoxy) is 2. The van der Waals surface area contributed by atoms with E-state index in [9.17, 15) is 24.5 Å². The van der Waals surface area contributed by atoms with E-state index in [1.54, 1.807) is 0 Å². The van der Waals surface area contributed by atoms with Crippen molar-refractivity contribution in [3.63, 3.8) is 0 Å². The molecule has 0 atom stereocenters. The number of amides is 1. The lowest BCUT2D eigenvalue weighted by Crippen LogP contribution is -2.15. The van der Waals surface area contributed by atoms with Gasteiger partial charge in [-0.05, 0) is 46.9 Å². The van der Waals surface area contributed by atoms with Crippen LogP contribution in [0.3, 0.4) is 0 Å². The molecule has 0 aliphatic heterocycles. The van der Waals surface area contributed by atoms with Gasteiger partial charge in [0, 0.05) is 21.4 Å². The minimum atomic E-state index is -0.707. The van der Waals surface area contributed by atoms with E-state index in [0.29, 0.717) is 3.57 Å². The summed E-state index contributed by atoms with van der Waals surface area (Å²) < 4.78 is 9.75. The maximum absolute atomic E-state index is 12.5. The van der Waals surface area contributed by atoms with E-state index in [1.807, 2.05) is 22.6 Å². The van der Waals surface area contributed by atoms with Gasteiger partial charge < -0.3 is 14.8 Å². The van der Waals surface area contributed by atoms with E-state index in [0.717, 1.165) is 6.07 Å². The Morgan fingerprint density at radius 1 is 1.00 bits per heavy atom. The fourth-order valence-corrected chi connectivity index (χ4v) is 2.75. The van der Waals surface area contributed by atoms with Gasteiger partial charge in [-0.25, -0.2) is 9.59 Å². The van der Waals surface area contributed by atoms with Crippen LogP contribution in [-0.4, -0.2) is 37.0 Å². The average molecular weight is 484 g/mol. The minimum absolute atomic E-state index is 0.0319. The maximum Gasteiger partial charge on any atom is 0.337 e. The molecular weight excluding hydrogens is 471 g/mol. The highest BCUT2D eigenvalue weighted by Crippen LogP contribution is 2.22. The Morgan fingerprint density at radius 2 is 1.56 bits per heavy atom. The minimum Gasteiger partial charge on any atom is -0.465 e. The number of carbonyl (C=O) groups is 3. The number of halogens is 1. The van der Waals surface area contributed by atoms with E-state index in [1.165, 1.54) is 44.6 Å². The number of esters is 2. The van der Waals surface area contributed by atoms with Gasteiger partial charge >= 0.3 is 11.9 Å². The van der Waals surface area contributed by atoms with E-state index in [4.69, 9.17) is 0 Å². The Morgan fingerprint density at radius 3 is 2.04 bits per heavy atom. The van der Waals surface area contributed by atoms with Crippen molar-refractivity contribution in [3.8, 4) is 0 Å². The Hall–Kier alpha value is -3.02. The zero-order valence-corrected chi connectivity index (χ0v) is 16.3. The van der Waals surface area contributed by atoms with Gasteiger partial charge in [-0.3, -0.25) is 14.9 Å². The molecule has 2 aromatic rings. The maximum atomic E-state index is 12.5. The van der Waals surface area contributed by atoms with Gasteiger partial charge in [0.05, 0.1) is 35.8 Å². The third kappa shape index (κ3) is 4.78. The van der Waals surface area contributed by atoms with Crippen molar-refractivity contribution in [1.29, 1.82) is 0 Å². The summed E-state index contributed by atoms with van der Waals surface area (Å²) in [5.74, 6) is -2.05. The lowest BCUT2D eigenvalue weighted by Gasteiger charge is -2.10. The van der Waals surface area contributed by atoms with Crippen molar-refractivity contribution in [2.75, 3.05) is 19.5 Å². The number of benzene rings is 2. The third-order valence-electron chi connectivity index (χ3n) is 3.44. The summed E-state index contributed by atoms with van der Waals surface area (Å²) in [5.41, 5.74) is 0.0338. The summed E-state index contributed by atoms with van der Waals surface area (Å²) in [5, 5.41) is 13.4. The first-order valence-corrected chi connectivity index (χ1v) is 8.41. The number of anilines is 1. The summed E-state index contributed by atoms with van der Waals surface area (Å²) in [6, 6.07) is 7.78. The summed E-state index contributed by atoms with van der Waals surface area (Å²) >= 11 is 1.87. The number of carbonyl (C=O) groups excluding carboxylic acids is 3. The number of hydrogen-bond acceptors (Lipinski definition) is 7. The molecule has 27 heavy (non-hydrogen) atoms. The number of nitrogens with one attached hydrogen (secondary N) is 1. The summed E-state index contributed by atoms with van der Waals surface area (Å²) in [7, 11) is 2.35. The molecule has 0 heterocycles. The fourth-order valence-electron chi connectivity index (χ4n) is 2.17. The van der Waals surface area contributed by atoms with Gasteiger partial charge in [-0.1, -0.05) is 0 Å². The topological polar surface area (TPSA) is 125 Å². The number of nitro groups is 1. The molecule has 0 saturated heterocycles. The molecule has 10 heteroatoms. The SMILES string of the molecule is COC(=O)c1cc(NC(=O)c2cc([N+](=O)[O-])ccc2I)cc(C(=O)OC)c1. The van der Waals surface area contributed by atoms with Crippen LogP contribution < -0.4 is 5.32 Å². The van der Waals surface area contributed by atoms with Crippen molar-refractivity contribution in [1.82, 2.24) is 0 Å². The van der Waals surface area contributed by atoms with E-state index in [-0.39, 0.29) is 28.1 Å². The number of methoxy groups -OCH3 is 2. The highest BCUT2D eigenvalue weighted by Gasteiger charge is 2.18. The van der Waals surface area contributed by atoms with Crippen molar-refractivity contribution in [2.24, 2.45) is 0 Å². The van der Waals surface area contributed by atoms with Gasteiger partial charge in [0.1, 0.15) is 0 Å². The van der Waals surface area contributed by atoms with Gasteiger partial charge in [0.2, 0.25) is 0 Å². The zero-order valence-electron chi connectivity index (χ0n) is 14.1. The molecule has 2 aromatic carbocycles. The summed E-state index contributed by atoms with van der Waals surface area (Å²) in [6.07, 6.45) is 0. The summed E-state index contributed by atoms with van der Waals surface area (Å²) in [6.45, 7) is 0. The Bertz CT molecular complexity index is 909. The van der Waals surface area contributed by atoms with Gasteiger partial charge in [-0.15, -0.1) is 0 Å². The molecular formula is C17H13IN2O7. The summed E-state index contributed by atoms with van der Waals surface area (Å²) in [4.78, 5) is 46.4. The molecule has 0 saturated carbocycles. The second kappa shape index (κ2) is 8.58. The number of hydrogen-bond donors (Lipinski definition) is 1. The van der Waals surface area contributed by atoms with Crippen LogP contribution in [0.25, 0.3) is 0 Å². The van der Waals surface area contributed by atoms with Crippen LogP contribution in [0.15, 0.2) is 36.4 Å². The number of nitrogens with zero attached hydrogens (tertiary/aromatic N) is 1. The van der Waals surface area contributed by atoms with E-state index >= 15 is 0 Å². The van der Waals surface area contributed by atoms with Crippen LogP contribution in [-0.2, 0) is 9.47 Å². The second-order valence-electron chi connectivity index (χ2n) is 5.16. The predicted molar refractivity (Wildman–Crippen MR) is 103 cm³/mol. The third-order valence-corrected chi connectivity index (χ3v) is 4.38. The lowest BCUT2D eigenvalue weighted by molar-refractivity contribution is -0.384. The number of non-ortho nitro benzene ring substituents is 1. The Balaban J connectivity index is 2.42. The average Bonchev–Trinajstić information content (AvgIpc) is 2.66. The molecule has 0 aliphatic carbocycles. The van der Waals surface area contributed by atoms with Crippen molar-refractivity contribution >= 4 is 51.8 Å². The first-order chi connectivity index (χ1) is 12.8. The van der Waals surface area contributed by atoms with Crippen molar-refractivity contribution in [2.45, 2.75) is 0 Å². The largest absolute Gasteiger partial charge is 0.465 e. The van der Waals surface area contributed by atoms with Gasteiger partial charge in [0.25, 0.3) is 11.6 Å². The van der Waals surface area contributed by atoms with Gasteiger partial charge in [-0.2, -0.15) is 0 Å². The van der Waals surface area contributed by atoms with Crippen LogP contribution in [0.5, 0.6) is 0 Å². The normalized spacial score (nSPS) is 10.0. The van der Waals surface area contributed by atoms with E-state index < -0.39 is 22.8 Å². The lowest BCUT2D eigenvalue weighted by atomic mass is 10.1. The van der Waals surface area contributed by atoms with Crippen LogP contribution >= 0.6 is 22.6 Å². The molecule has 9 nitrogen and oxygen atoms in total. The highest BCUT2D eigenvalue weighted by atomic mass is 127. The van der Waals surface area contributed by atoms with Crippen molar-refractivity contribution < 1.29 is 28.8 Å². The Labute approximate surface area is 166 Å². The quantitative estimate of drug-likeness (QED) is 0.299. The molecule has 0 spiro atoms. The molecule has 0 bridgehead atoms. The number of rotatable bonds is 5. The smallest absolute Gasteiger partial charge is 0.337 e. The molecule has 2 rings (SSSR count). The van der Waals surface area contributed by atoms with E-state index in [2.05, 4.69) is 14.8 Å². The molecule has 1 N–H and O–H groups in total. The Kier molecular flexibility index (Phi) is 6.45. The van der Waals surface area contributed by atoms with Crippen molar-refractivity contribution in [3.05, 3.63) is 66.8 Å². The second-order valence-corrected chi connectivity index (χ2v) is 6.32.